The molecule has 2 aromatic rings. The van der Waals surface area contributed by atoms with Crippen LogP contribution >= 0.6 is 27.5 Å². The van der Waals surface area contributed by atoms with E-state index in [1.807, 2.05) is 13.8 Å². The smallest absolute Gasteiger partial charge is 0.319 e. The first-order valence-electron chi connectivity index (χ1n) is 10.1. The van der Waals surface area contributed by atoms with Gasteiger partial charge in [0.2, 0.25) is 0 Å². The first kappa shape index (κ1) is 21.6. The number of benzene rings is 1. The maximum absolute atomic E-state index is 14.1. The first-order chi connectivity index (χ1) is 14.3. The Labute approximate surface area is 188 Å². The van der Waals surface area contributed by atoms with Crippen molar-refractivity contribution in [1.82, 2.24) is 14.9 Å². The van der Waals surface area contributed by atoms with Gasteiger partial charge < -0.3 is 15.2 Å². The van der Waals surface area contributed by atoms with Crippen molar-refractivity contribution in [3.8, 4) is 11.8 Å². The molecule has 9 heteroatoms. The van der Waals surface area contributed by atoms with Crippen LogP contribution in [0.15, 0.2) is 11.1 Å². The van der Waals surface area contributed by atoms with Crippen LogP contribution in [0, 0.1) is 0 Å². The van der Waals surface area contributed by atoms with Gasteiger partial charge in [-0.25, -0.2) is 4.39 Å². The van der Waals surface area contributed by atoms with E-state index >= 15 is 0 Å². The molecule has 30 heavy (non-hydrogen) atoms. The summed E-state index contributed by atoms with van der Waals surface area (Å²) < 4.78 is 20.6. The quantitative estimate of drug-likeness (QED) is 0.571. The summed E-state index contributed by atoms with van der Waals surface area (Å²) in [6, 6.07) is 0.224. The van der Waals surface area contributed by atoms with Gasteiger partial charge in [0.15, 0.2) is 0 Å². The zero-order valence-corrected chi connectivity index (χ0v) is 19.4. The molecule has 0 radical (unpaired) electrons. The maximum atomic E-state index is 14.1. The molecular formula is C21H25BrClFN4O2. The number of phenolic OH excluding ortho intramolecular Hbond substituents is 1. The highest BCUT2D eigenvalue weighted by Crippen LogP contribution is 2.45. The van der Waals surface area contributed by atoms with Crippen LogP contribution in [0.2, 0.25) is 5.02 Å². The normalized spacial score (nSPS) is 23.9. The Kier molecular flexibility index (Phi) is 5.85. The van der Waals surface area contributed by atoms with E-state index < -0.39 is 6.17 Å². The second-order valence-electron chi connectivity index (χ2n) is 8.34. The zero-order valence-electron chi connectivity index (χ0n) is 17.0. The van der Waals surface area contributed by atoms with E-state index in [0.29, 0.717) is 46.3 Å². The van der Waals surface area contributed by atoms with E-state index in [4.69, 9.17) is 16.3 Å². The van der Waals surface area contributed by atoms with Crippen LogP contribution in [-0.4, -0.2) is 57.4 Å². The van der Waals surface area contributed by atoms with Gasteiger partial charge in [0.25, 0.3) is 0 Å². The molecule has 2 aliphatic rings. The molecule has 2 fully saturated rings. The van der Waals surface area contributed by atoms with Crippen LogP contribution in [0.4, 0.5) is 10.2 Å². The molecule has 0 saturated carbocycles. The molecule has 0 amide bonds. The minimum absolute atomic E-state index is 0.0519. The molecule has 2 aliphatic heterocycles. The number of hydrogen-bond donors (Lipinski definition) is 2. The van der Waals surface area contributed by atoms with Gasteiger partial charge in [-0.05, 0) is 49.2 Å². The third kappa shape index (κ3) is 3.63. The van der Waals surface area contributed by atoms with E-state index in [0.717, 1.165) is 19.4 Å². The number of halogens is 3. The Bertz CT molecular complexity index is 1010. The summed E-state index contributed by atoms with van der Waals surface area (Å²) in [6.45, 7) is 9.46. The molecule has 2 saturated heterocycles. The van der Waals surface area contributed by atoms with Crippen molar-refractivity contribution >= 4 is 50.3 Å². The summed E-state index contributed by atoms with van der Waals surface area (Å²) in [5, 5.41) is 14.5. The highest BCUT2D eigenvalue weighted by Gasteiger charge is 2.49. The van der Waals surface area contributed by atoms with E-state index in [-0.39, 0.29) is 28.4 Å². The molecule has 2 N–H and O–H groups in total. The molecule has 6 nitrogen and oxygen atoms in total. The number of fused-ring (bicyclic) bond motifs is 2. The van der Waals surface area contributed by atoms with Crippen molar-refractivity contribution in [2.75, 3.05) is 25.0 Å². The van der Waals surface area contributed by atoms with Gasteiger partial charge in [-0.3, -0.25) is 4.90 Å². The minimum atomic E-state index is -0.827. The number of alkyl halides is 1. The first-order valence-corrected chi connectivity index (χ1v) is 11.3. The number of anilines is 1. The lowest BCUT2D eigenvalue weighted by atomic mass is 9.95. The van der Waals surface area contributed by atoms with Gasteiger partial charge in [-0.1, -0.05) is 24.3 Å². The number of aromatic nitrogens is 2. The molecular weight excluding hydrogens is 475 g/mol. The Balaban J connectivity index is 1.77. The van der Waals surface area contributed by atoms with E-state index in [2.05, 4.69) is 42.7 Å². The number of nitrogens with one attached hydrogen (secondary N) is 1. The Morgan fingerprint density at radius 3 is 2.97 bits per heavy atom. The predicted octanol–water partition coefficient (Wildman–Crippen LogP) is 5.17. The van der Waals surface area contributed by atoms with E-state index in [9.17, 15) is 9.50 Å². The number of aromatic hydroxyl groups is 1. The zero-order chi connectivity index (χ0) is 21.6. The monoisotopic (exact) mass is 498 g/mol. The summed E-state index contributed by atoms with van der Waals surface area (Å²) in [5.74, 6) is 0.311. The molecule has 3 heterocycles. The molecule has 0 unspecified atom stereocenters. The van der Waals surface area contributed by atoms with Gasteiger partial charge in [0.05, 0.1) is 21.5 Å². The lowest BCUT2D eigenvalue weighted by molar-refractivity contribution is 0.107. The van der Waals surface area contributed by atoms with Gasteiger partial charge >= 0.3 is 6.01 Å². The summed E-state index contributed by atoms with van der Waals surface area (Å²) in [6.07, 6.45) is 3.20. The fourth-order valence-electron chi connectivity index (χ4n) is 4.57. The van der Waals surface area contributed by atoms with Crippen LogP contribution in [0.25, 0.3) is 17.0 Å². The maximum Gasteiger partial charge on any atom is 0.319 e. The summed E-state index contributed by atoms with van der Waals surface area (Å²) in [4.78, 5) is 11.3. The Morgan fingerprint density at radius 1 is 1.50 bits per heavy atom. The average molecular weight is 500 g/mol. The summed E-state index contributed by atoms with van der Waals surface area (Å²) >= 11 is 9.72. The summed E-state index contributed by atoms with van der Waals surface area (Å²) in [7, 11) is 0. The molecule has 0 spiro atoms. The molecule has 2 atom stereocenters. The highest BCUT2D eigenvalue weighted by atomic mass is 79.9. The van der Waals surface area contributed by atoms with E-state index in [1.165, 1.54) is 0 Å². The van der Waals surface area contributed by atoms with Crippen LogP contribution in [0.1, 0.15) is 38.7 Å². The van der Waals surface area contributed by atoms with E-state index in [1.54, 1.807) is 6.08 Å². The number of rotatable bonds is 6. The third-order valence-corrected chi connectivity index (χ3v) is 7.30. The predicted molar refractivity (Wildman–Crippen MR) is 121 cm³/mol. The third-order valence-electron chi connectivity index (χ3n) is 5.88. The number of ether oxygens (including phenoxy) is 1. The number of hydrogen-bond acceptors (Lipinski definition) is 6. The lowest BCUT2D eigenvalue weighted by Gasteiger charge is -2.30. The molecule has 1 aromatic heterocycles. The van der Waals surface area contributed by atoms with Crippen LogP contribution in [0.3, 0.4) is 0 Å². The van der Waals surface area contributed by atoms with Crippen LogP contribution in [0.5, 0.6) is 11.8 Å². The van der Waals surface area contributed by atoms with Gasteiger partial charge in [0, 0.05) is 29.0 Å². The second-order valence-corrected chi connectivity index (χ2v) is 9.51. The van der Waals surface area contributed by atoms with Gasteiger partial charge in [-0.2, -0.15) is 9.97 Å². The van der Waals surface area contributed by atoms with Crippen molar-refractivity contribution in [2.24, 2.45) is 0 Å². The lowest BCUT2D eigenvalue weighted by Crippen LogP contribution is -2.43. The van der Waals surface area contributed by atoms with Crippen LogP contribution < -0.4 is 10.1 Å². The molecule has 0 bridgehead atoms. The van der Waals surface area contributed by atoms with Crippen LogP contribution in [-0.2, 0) is 0 Å². The van der Waals surface area contributed by atoms with Crippen molar-refractivity contribution in [1.29, 1.82) is 0 Å². The van der Waals surface area contributed by atoms with Crippen molar-refractivity contribution in [3.63, 3.8) is 0 Å². The summed E-state index contributed by atoms with van der Waals surface area (Å²) in [5.41, 5.74) is 0.813. The average Bonchev–Trinajstić information content (AvgIpc) is 3.20. The minimum Gasteiger partial charge on any atom is -0.505 e. The standard InChI is InChI=1S/C21H25BrClFN4O2/c1-4-13-15(22)16(23)18(29)14-17(13)26-20(27-19(14)25-11(2)3)30-10-21-6-5-7-28(21)9-12(24)8-21/h4,11-12,29H,1,5-10H2,2-3H3,(H,25,26,27)/t12-,21+/m1/s1. The fourth-order valence-corrected chi connectivity index (χ4v) is 5.31. The topological polar surface area (TPSA) is 70.5 Å². The van der Waals surface area contributed by atoms with Crippen molar-refractivity contribution < 1.29 is 14.2 Å². The molecule has 0 aliphatic carbocycles. The highest BCUT2D eigenvalue weighted by molar-refractivity contribution is 9.10. The van der Waals surface area contributed by atoms with Gasteiger partial charge in [0.1, 0.15) is 24.3 Å². The molecule has 4 rings (SSSR count). The SMILES string of the molecule is C=Cc1c(Br)c(Cl)c(O)c2c(NC(C)C)nc(OC[C@@]34CCCN3C[C@H](F)C4)nc12. The number of phenols is 1. The molecule has 1 aromatic carbocycles. The second kappa shape index (κ2) is 8.13. The Hall–Kier alpha value is -1.64. The van der Waals surface area contributed by atoms with Gasteiger partial charge in [-0.15, -0.1) is 0 Å². The largest absolute Gasteiger partial charge is 0.505 e. The van der Waals surface area contributed by atoms with Crippen molar-refractivity contribution in [3.05, 3.63) is 21.6 Å². The Morgan fingerprint density at radius 2 is 2.27 bits per heavy atom. The molecule has 162 valence electrons. The number of nitrogens with zero attached hydrogens (tertiary/aromatic N) is 3. The van der Waals surface area contributed by atoms with Crippen molar-refractivity contribution in [2.45, 2.75) is 50.9 Å². The fraction of sp³-hybridized carbons (Fsp3) is 0.524.